The van der Waals surface area contributed by atoms with E-state index in [1.165, 1.54) is 10.8 Å². The SMILES string of the molecule is c1cc(-c2ccc3c(c2)c2cc4ncoc4c4c5ccccc5n3c24)cc(-c2nc(-c3cccc4c3oc3ccccc34)c3ccccc3n2)c1. The van der Waals surface area contributed by atoms with E-state index in [2.05, 4.69) is 119 Å². The monoisotopic (exact) mass is 652 g/mol. The Labute approximate surface area is 289 Å². The third kappa shape index (κ3) is 3.63. The highest BCUT2D eigenvalue weighted by atomic mass is 16.3. The fourth-order valence-corrected chi connectivity index (χ4v) is 8.24. The standard InChI is InChI=1S/C45H24N4O2/c1-4-16-35-30(12-1)41(32-15-8-14-29-28-11-3-6-18-39(28)51-43(29)32)48-45(47-35)27-10-7-9-25(21-27)26-19-20-38-33(22-26)34-23-36-44(50-24-46-36)40-31-13-2-5-17-37(31)49(38)42(34)40/h1-24H. The predicted octanol–water partition coefficient (Wildman–Crippen LogP) is 11.8. The smallest absolute Gasteiger partial charge is 0.182 e. The van der Waals surface area contributed by atoms with Gasteiger partial charge in [0.25, 0.3) is 0 Å². The van der Waals surface area contributed by atoms with Crippen molar-refractivity contribution in [3.8, 4) is 33.8 Å². The average molecular weight is 653 g/mol. The number of hydrogen-bond acceptors (Lipinski definition) is 5. The second kappa shape index (κ2) is 9.77. The van der Waals surface area contributed by atoms with Crippen molar-refractivity contribution >= 4 is 82.0 Å². The first-order chi connectivity index (χ1) is 25.3. The number of rotatable bonds is 3. The molecule has 6 nitrogen and oxygen atoms in total. The van der Waals surface area contributed by atoms with E-state index in [1.54, 1.807) is 6.39 Å². The first-order valence-corrected chi connectivity index (χ1v) is 17.0. The van der Waals surface area contributed by atoms with Crippen LogP contribution in [0.5, 0.6) is 0 Å². The molecule has 0 N–H and O–H groups in total. The van der Waals surface area contributed by atoms with Gasteiger partial charge in [-0.3, -0.25) is 0 Å². The van der Waals surface area contributed by atoms with Crippen LogP contribution in [0.3, 0.4) is 0 Å². The zero-order valence-corrected chi connectivity index (χ0v) is 27.0. The second-order valence-corrected chi connectivity index (χ2v) is 13.2. The number of aromatic nitrogens is 4. The summed E-state index contributed by atoms with van der Waals surface area (Å²) in [6.45, 7) is 0. The maximum absolute atomic E-state index is 6.46. The highest BCUT2D eigenvalue weighted by Crippen LogP contribution is 2.44. The molecule has 0 aliphatic carbocycles. The van der Waals surface area contributed by atoms with E-state index < -0.39 is 0 Å². The van der Waals surface area contributed by atoms with Crippen LogP contribution in [0.15, 0.2) is 155 Å². The Kier molecular flexibility index (Phi) is 5.14. The Morgan fingerprint density at radius 2 is 1.25 bits per heavy atom. The first kappa shape index (κ1) is 26.9. The average Bonchev–Trinajstić information content (AvgIpc) is 3.97. The zero-order chi connectivity index (χ0) is 33.2. The van der Waals surface area contributed by atoms with Gasteiger partial charge in [-0.05, 0) is 59.7 Å². The van der Waals surface area contributed by atoms with Crippen LogP contribution in [0, 0.1) is 0 Å². The molecule has 0 saturated carbocycles. The molecule has 0 fully saturated rings. The number of fused-ring (bicyclic) bond motifs is 12. The molecule has 0 spiro atoms. The van der Waals surface area contributed by atoms with Gasteiger partial charge in [0.1, 0.15) is 16.7 Å². The van der Waals surface area contributed by atoms with Gasteiger partial charge in [0.15, 0.2) is 17.8 Å². The predicted molar refractivity (Wildman–Crippen MR) is 205 cm³/mol. The number of para-hydroxylation sites is 4. The molecule has 12 rings (SSSR count). The largest absolute Gasteiger partial charge is 0.455 e. The quantitative estimate of drug-likeness (QED) is 0.190. The molecule has 0 radical (unpaired) electrons. The van der Waals surface area contributed by atoms with Gasteiger partial charge in [0.05, 0.1) is 33.1 Å². The van der Waals surface area contributed by atoms with E-state index in [9.17, 15) is 0 Å². The Morgan fingerprint density at radius 3 is 2.22 bits per heavy atom. The summed E-state index contributed by atoms with van der Waals surface area (Å²) in [7, 11) is 0. The molecule has 0 atom stereocenters. The number of hydrogen-bond donors (Lipinski definition) is 0. The third-order valence-corrected chi connectivity index (χ3v) is 10.5. The van der Waals surface area contributed by atoms with Crippen molar-refractivity contribution in [2.45, 2.75) is 0 Å². The van der Waals surface area contributed by atoms with Gasteiger partial charge in [0.2, 0.25) is 0 Å². The molecule has 6 heteroatoms. The van der Waals surface area contributed by atoms with Crippen LogP contribution in [-0.2, 0) is 0 Å². The fraction of sp³-hybridized carbons (Fsp3) is 0. The van der Waals surface area contributed by atoms with E-state index >= 15 is 0 Å². The van der Waals surface area contributed by atoms with Gasteiger partial charge in [0, 0.05) is 43.4 Å². The van der Waals surface area contributed by atoms with Crippen LogP contribution in [0.25, 0.3) is 116 Å². The summed E-state index contributed by atoms with van der Waals surface area (Å²) in [6.07, 6.45) is 1.54. The maximum Gasteiger partial charge on any atom is 0.182 e. The van der Waals surface area contributed by atoms with Gasteiger partial charge in [-0.25, -0.2) is 15.0 Å². The molecule has 0 amide bonds. The van der Waals surface area contributed by atoms with Crippen LogP contribution < -0.4 is 0 Å². The van der Waals surface area contributed by atoms with Crippen molar-refractivity contribution in [2.24, 2.45) is 0 Å². The first-order valence-electron chi connectivity index (χ1n) is 17.0. The van der Waals surface area contributed by atoms with Crippen molar-refractivity contribution in [2.75, 3.05) is 0 Å². The van der Waals surface area contributed by atoms with Gasteiger partial charge in [-0.15, -0.1) is 0 Å². The molecule has 0 saturated heterocycles. The van der Waals surface area contributed by atoms with Crippen LogP contribution in [0.4, 0.5) is 0 Å². The minimum Gasteiger partial charge on any atom is -0.455 e. The fourth-order valence-electron chi connectivity index (χ4n) is 8.24. The van der Waals surface area contributed by atoms with Crippen LogP contribution >= 0.6 is 0 Å². The summed E-state index contributed by atoms with van der Waals surface area (Å²) in [4.78, 5) is 14.9. The highest BCUT2D eigenvalue weighted by molar-refractivity contribution is 6.30. The van der Waals surface area contributed by atoms with E-state index in [4.69, 9.17) is 18.8 Å². The topological polar surface area (TPSA) is 69.4 Å². The second-order valence-electron chi connectivity index (χ2n) is 13.2. The van der Waals surface area contributed by atoms with Crippen molar-refractivity contribution in [3.05, 3.63) is 146 Å². The molecule has 0 unspecified atom stereocenters. The van der Waals surface area contributed by atoms with E-state index in [-0.39, 0.29) is 0 Å². The van der Waals surface area contributed by atoms with Gasteiger partial charge in [-0.1, -0.05) is 91.0 Å². The molecule has 7 aromatic carbocycles. The molecule has 51 heavy (non-hydrogen) atoms. The normalized spacial score (nSPS) is 12.3. The van der Waals surface area contributed by atoms with Crippen molar-refractivity contribution in [1.29, 1.82) is 0 Å². The molecular formula is C45H24N4O2. The van der Waals surface area contributed by atoms with E-state index in [0.29, 0.717) is 5.82 Å². The molecule has 236 valence electrons. The lowest BCUT2D eigenvalue weighted by atomic mass is 9.99. The molecule has 0 aliphatic heterocycles. The Balaban J connectivity index is 1.05. The molecule has 5 aromatic heterocycles. The minimum atomic E-state index is 0.667. The minimum absolute atomic E-state index is 0.667. The van der Waals surface area contributed by atoms with Crippen LogP contribution in [-0.4, -0.2) is 19.4 Å². The number of benzene rings is 7. The lowest BCUT2D eigenvalue weighted by Crippen LogP contribution is -1.95. The van der Waals surface area contributed by atoms with Gasteiger partial charge in [-0.2, -0.15) is 0 Å². The summed E-state index contributed by atoms with van der Waals surface area (Å²) < 4.78 is 14.8. The van der Waals surface area contributed by atoms with Gasteiger partial charge < -0.3 is 13.2 Å². The zero-order valence-electron chi connectivity index (χ0n) is 27.0. The lowest BCUT2D eigenvalue weighted by molar-refractivity contribution is 0.605. The molecular weight excluding hydrogens is 629 g/mol. The Hall–Kier alpha value is -7.05. The van der Waals surface area contributed by atoms with Crippen molar-refractivity contribution in [3.63, 3.8) is 0 Å². The van der Waals surface area contributed by atoms with Crippen molar-refractivity contribution in [1.82, 2.24) is 19.4 Å². The van der Waals surface area contributed by atoms with Crippen molar-refractivity contribution < 1.29 is 8.83 Å². The summed E-state index contributed by atoms with van der Waals surface area (Å²) in [5.74, 6) is 0.667. The summed E-state index contributed by atoms with van der Waals surface area (Å²) in [5.41, 5.74) is 12.7. The number of furan rings is 1. The third-order valence-electron chi connectivity index (χ3n) is 10.5. The van der Waals surface area contributed by atoms with Crippen LogP contribution in [0.2, 0.25) is 0 Å². The summed E-state index contributed by atoms with van der Waals surface area (Å²) in [5, 5.41) is 7.77. The van der Waals surface area contributed by atoms with E-state index in [1.807, 2.05) is 30.3 Å². The highest BCUT2D eigenvalue weighted by Gasteiger charge is 2.22. The Bertz CT molecular complexity index is 3390. The van der Waals surface area contributed by atoms with E-state index in [0.717, 1.165) is 99.2 Å². The molecule has 12 aromatic rings. The summed E-state index contributed by atoms with van der Waals surface area (Å²) >= 11 is 0. The maximum atomic E-state index is 6.46. The molecule has 5 heterocycles. The number of nitrogens with zero attached hydrogens (tertiary/aromatic N) is 4. The van der Waals surface area contributed by atoms with Crippen LogP contribution in [0.1, 0.15) is 0 Å². The van der Waals surface area contributed by atoms with Gasteiger partial charge >= 0.3 is 0 Å². The molecule has 0 aliphatic rings. The lowest BCUT2D eigenvalue weighted by Gasteiger charge is -2.11. The Morgan fingerprint density at radius 1 is 0.490 bits per heavy atom. The molecule has 0 bridgehead atoms. The summed E-state index contributed by atoms with van der Waals surface area (Å²) in [6, 6.07) is 48.6. The number of oxazole rings is 1.